The van der Waals surface area contributed by atoms with Gasteiger partial charge in [0, 0.05) is 0 Å². The van der Waals surface area contributed by atoms with Crippen molar-refractivity contribution >= 4 is 5.97 Å². The molecule has 0 aliphatic heterocycles. The van der Waals surface area contributed by atoms with Crippen molar-refractivity contribution in [1.29, 1.82) is 0 Å². The first kappa shape index (κ1) is 11.3. The Morgan fingerprint density at radius 1 is 1.40 bits per heavy atom. The van der Waals surface area contributed by atoms with Crippen LogP contribution in [0.2, 0.25) is 0 Å². The molecule has 5 nitrogen and oxygen atoms in total. The number of carboxylic acid groups (broad SMARTS) is 1. The van der Waals surface area contributed by atoms with Crippen LogP contribution in [-0.4, -0.2) is 29.6 Å². The molecule has 1 aromatic rings. The fourth-order valence-corrected chi connectivity index (χ4v) is 1.08. The highest BCUT2D eigenvalue weighted by molar-refractivity contribution is 5.88. The van der Waals surface area contributed by atoms with Crippen molar-refractivity contribution in [2.45, 2.75) is 13.2 Å². The molecule has 1 atom stereocenters. The van der Waals surface area contributed by atoms with Crippen LogP contribution < -0.4 is 9.47 Å². The molecule has 2 N–H and O–H groups in total. The third-order valence-electron chi connectivity index (χ3n) is 1.71. The second-order valence-electron chi connectivity index (χ2n) is 2.89. The number of methoxy groups -OCH3 is 1. The van der Waals surface area contributed by atoms with E-state index in [1.165, 1.54) is 32.2 Å². The lowest BCUT2D eigenvalue weighted by atomic mass is 10.2. The number of aromatic carboxylic acids is 1. The Labute approximate surface area is 86.9 Å². The van der Waals surface area contributed by atoms with Crippen molar-refractivity contribution in [3.63, 3.8) is 0 Å². The summed E-state index contributed by atoms with van der Waals surface area (Å²) < 4.78 is 9.95. The van der Waals surface area contributed by atoms with Crippen LogP contribution in [0.25, 0.3) is 0 Å². The topological polar surface area (TPSA) is 76.0 Å². The number of carboxylic acids is 1. The van der Waals surface area contributed by atoms with E-state index < -0.39 is 12.3 Å². The van der Waals surface area contributed by atoms with Gasteiger partial charge in [-0.3, -0.25) is 0 Å². The molecule has 82 valence electrons. The largest absolute Gasteiger partial charge is 0.493 e. The fraction of sp³-hybridized carbons (Fsp3) is 0.300. The van der Waals surface area contributed by atoms with Crippen LogP contribution in [0.1, 0.15) is 17.3 Å². The van der Waals surface area contributed by atoms with E-state index in [0.29, 0.717) is 5.75 Å². The van der Waals surface area contributed by atoms with Crippen molar-refractivity contribution in [3.05, 3.63) is 23.8 Å². The average molecular weight is 212 g/mol. The van der Waals surface area contributed by atoms with Gasteiger partial charge in [0.1, 0.15) is 0 Å². The summed E-state index contributed by atoms with van der Waals surface area (Å²) in [5.41, 5.74) is 0.102. The molecule has 0 spiro atoms. The zero-order chi connectivity index (χ0) is 11.4. The minimum atomic E-state index is -1.04. The number of rotatable bonds is 4. The van der Waals surface area contributed by atoms with Crippen LogP contribution in [0.5, 0.6) is 11.5 Å². The molecular weight excluding hydrogens is 200 g/mol. The summed E-state index contributed by atoms with van der Waals surface area (Å²) in [6, 6.07) is 4.15. The molecule has 0 bridgehead atoms. The summed E-state index contributed by atoms with van der Waals surface area (Å²) in [4.78, 5) is 10.7. The first-order valence-corrected chi connectivity index (χ1v) is 4.30. The van der Waals surface area contributed by atoms with E-state index in [-0.39, 0.29) is 11.3 Å². The van der Waals surface area contributed by atoms with Crippen LogP contribution in [-0.2, 0) is 0 Å². The first-order chi connectivity index (χ1) is 7.04. The number of aliphatic hydroxyl groups excluding tert-OH is 1. The predicted molar refractivity (Wildman–Crippen MR) is 52.3 cm³/mol. The molecule has 0 saturated heterocycles. The summed E-state index contributed by atoms with van der Waals surface area (Å²) in [6.45, 7) is 1.45. The Kier molecular flexibility index (Phi) is 3.51. The van der Waals surface area contributed by atoms with Gasteiger partial charge in [0.05, 0.1) is 12.7 Å². The smallest absolute Gasteiger partial charge is 0.335 e. The van der Waals surface area contributed by atoms with Crippen LogP contribution in [0, 0.1) is 0 Å². The van der Waals surface area contributed by atoms with Gasteiger partial charge in [-0.2, -0.15) is 0 Å². The molecular formula is C10H12O5. The second-order valence-corrected chi connectivity index (χ2v) is 2.89. The standard InChI is InChI=1S/C10H12O5/c1-6(11)15-8-4-3-7(10(12)13)5-9(8)14-2/h3-6,11H,1-2H3,(H,12,13). The van der Waals surface area contributed by atoms with Gasteiger partial charge >= 0.3 is 5.97 Å². The van der Waals surface area contributed by atoms with Gasteiger partial charge in [-0.05, 0) is 25.1 Å². The van der Waals surface area contributed by atoms with Crippen molar-refractivity contribution in [1.82, 2.24) is 0 Å². The Balaban J connectivity index is 3.03. The Morgan fingerprint density at radius 2 is 2.07 bits per heavy atom. The number of benzene rings is 1. The Morgan fingerprint density at radius 3 is 2.53 bits per heavy atom. The quantitative estimate of drug-likeness (QED) is 0.731. The molecule has 0 saturated carbocycles. The van der Waals surface area contributed by atoms with E-state index in [0.717, 1.165) is 0 Å². The molecule has 5 heteroatoms. The van der Waals surface area contributed by atoms with Crippen LogP contribution in [0.3, 0.4) is 0 Å². The number of ether oxygens (including phenoxy) is 2. The van der Waals surface area contributed by atoms with E-state index in [2.05, 4.69) is 0 Å². The summed E-state index contributed by atoms with van der Waals surface area (Å²) >= 11 is 0. The molecule has 0 amide bonds. The van der Waals surface area contributed by atoms with Gasteiger partial charge < -0.3 is 19.7 Å². The molecule has 1 unspecified atom stereocenters. The maximum absolute atomic E-state index is 10.7. The normalized spacial score (nSPS) is 11.9. The van der Waals surface area contributed by atoms with E-state index in [1.807, 2.05) is 0 Å². The van der Waals surface area contributed by atoms with Crippen molar-refractivity contribution in [2.75, 3.05) is 7.11 Å². The van der Waals surface area contributed by atoms with Gasteiger partial charge in [0.2, 0.25) is 0 Å². The molecule has 15 heavy (non-hydrogen) atoms. The van der Waals surface area contributed by atoms with Crippen LogP contribution in [0.4, 0.5) is 0 Å². The monoisotopic (exact) mass is 212 g/mol. The lowest BCUT2D eigenvalue weighted by molar-refractivity contribution is -0.00206. The number of hydrogen-bond donors (Lipinski definition) is 2. The molecule has 0 heterocycles. The summed E-state index contributed by atoms with van der Waals surface area (Å²) in [7, 11) is 1.40. The predicted octanol–water partition coefficient (Wildman–Crippen LogP) is 1.11. The molecule has 0 aliphatic carbocycles. The summed E-state index contributed by atoms with van der Waals surface area (Å²) in [6.07, 6.45) is -0.977. The Bertz CT molecular complexity index is 359. The second kappa shape index (κ2) is 4.65. The average Bonchev–Trinajstić information content (AvgIpc) is 2.17. The minimum Gasteiger partial charge on any atom is -0.493 e. The van der Waals surface area contributed by atoms with Gasteiger partial charge in [0.15, 0.2) is 17.8 Å². The SMILES string of the molecule is COc1cc(C(=O)O)ccc1OC(C)O. The van der Waals surface area contributed by atoms with E-state index in [9.17, 15) is 4.79 Å². The van der Waals surface area contributed by atoms with Crippen molar-refractivity contribution < 1.29 is 24.5 Å². The zero-order valence-corrected chi connectivity index (χ0v) is 8.43. The number of hydrogen-bond acceptors (Lipinski definition) is 4. The van der Waals surface area contributed by atoms with E-state index >= 15 is 0 Å². The molecule has 0 radical (unpaired) electrons. The highest BCUT2D eigenvalue weighted by atomic mass is 16.6. The number of carbonyl (C=O) groups is 1. The lowest BCUT2D eigenvalue weighted by Crippen LogP contribution is -2.10. The summed E-state index contributed by atoms with van der Waals surface area (Å²) in [5, 5.41) is 17.7. The maximum atomic E-state index is 10.7. The maximum Gasteiger partial charge on any atom is 0.335 e. The van der Waals surface area contributed by atoms with Gasteiger partial charge in [-0.15, -0.1) is 0 Å². The first-order valence-electron chi connectivity index (χ1n) is 4.30. The van der Waals surface area contributed by atoms with Gasteiger partial charge in [-0.25, -0.2) is 4.79 Å². The van der Waals surface area contributed by atoms with Crippen LogP contribution in [0.15, 0.2) is 18.2 Å². The fourth-order valence-electron chi connectivity index (χ4n) is 1.08. The molecule has 0 fully saturated rings. The number of aliphatic hydroxyl groups is 1. The molecule has 0 aromatic heterocycles. The highest BCUT2D eigenvalue weighted by Gasteiger charge is 2.11. The third kappa shape index (κ3) is 2.85. The Hall–Kier alpha value is -1.75. The molecule has 0 aliphatic rings. The van der Waals surface area contributed by atoms with Gasteiger partial charge in [0.25, 0.3) is 0 Å². The lowest BCUT2D eigenvalue weighted by Gasteiger charge is -2.12. The minimum absolute atomic E-state index is 0.102. The van der Waals surface area contributed by atoms with E-state index in [4.69, 9.17) is 19.7 Å². The molecule has 1 aromatic carbocycles. The molecule has 1 rings (SSSR count). The zero-order valence-electron chi connectivity index (χ0n) is 8.43. The van der Waals surface area contributed by atoms with Crippen molar-refractivity contribution in [2.24, 2.45) is 0 Å². The van der Waals surface area contributed by atoms with Gasteiger partial charge in [-0.1, -0.05) is 0 Å². The third-order valence-corrected chi connectivity index (χ3v) is 1.71. The van der Waals surface area contributed by atoms with Crippen molar-refractivity contribution in [3.8, 4) is 11.5 Å². The van der Waals surface area contributed by atoms with Crippen LogP contribution >= 0.6 is 0 Å². The van der Waals surface area contributed by atoms with E-state index in [1.54, 1.807) is 0 Å². The highest BCUT2D eigenvalue weighted by Crippen LogP contribution is 2.28. The summed E-state index contributed by atoms with van der Waals surface area (Å²) in [5.74, 6) is -0.467.